The Balaban J connectivity index is 1.37. The fraction of sp³-hybridized carbons (Fsp3) is 0.560. The molecule has 8 heteroatoms. The van der Waals surface area contributed by atoms with Gasteiger partial charge in [-0.15, -0.1) is 0 Å². The molecule has 33 heavy (non-hydrogen) atoms. The molecule has 0 spiro atoms. The van der Waals surface area contributed by atoms with Crippen molar-refractivity contribution in [3.05, 3.63) is 52.6 Å². The predicted octanol–water partition coefficient (Wildman–Crippen LogP) is 3.91. The highest BCUT2D eigenvalue weighted by molar-refractivity contribution is 5.77. The van der Waals surface area contributed by atoms with E-state index in [1.165, 1.54) is 17.7 Å². The molecule has 0 bridgehead atoms. The molecule has 2 aliphatic rings. The Morgan fingerprint density at radius 3 is 2.58 bits per heavy atom. The molecular weight excluding hydrogens is 423 g/mol. The first-order valence-corrected chi connectivity index (χ1v) is 11.6. The number of aryl methyl sites for hydroxylation is 1. The third kappa shape index (κ3) is 5.54. The van der Waals surface area contributed by atoms with E-state index < -0.39 is 5.60 Å². The highest BCUT2D eigenvalue weighted by atomic mass is 19.1. The molecule has 1 aromatic carbocycles. The van der Waals surface area contributed by atoms with E-state index in [4.69, 9.17) is 9.84 Å². The molecular formula is C25H33FN4O3. The van der Waals surface area contributed by atoms with Crippen LogP contribution >= 0.6 is 0 Å². The molecule has 1 aromatic heterocycles. The van der Waals surface area contributed by atoms with Crippen molar-refractivity contribution in [3.63, 3.8) is 0 Å². The minimum Gasteiger partial charge on any atom is -0.444 e. The number of ether oxygens (including phenoxy) is 1. The number of halogens is 1. The number of fused-ring (bicyclic) bond motifs is 1. The van der Waals surface area contributed by atoms with Crippen molar-refractivity contribution in [1.82, 2.24) is 19.6 Å². The Labute approximate surface area is 194 Å². The van der Waals surface area contributed by atoms with Crippen molar-refractivity contribution in [2.24, 2.45) is 5.92 Å². The lowest BCUT2D eigenvalue weighted by Gasteiger charge is -2.29. The van der Waals surface area contributed by atoms with Gasteiger partial charge in [0.2, 0.25) is 5.91 Å². The van der Waals surface area contributed by atoms with Crippen LogP contribution in [0.1, 0.15) is 56.1 Å². The van der Waals surface area contributed by atoms with Gasteiger partial charge in [-0.25, -0.2) is 9.18 Å². The number of carbonyl (C=O) groups excluding carboxylic acids is 2. The molecule has 0 aliphatic carbocycles. The van der Waals surface area contributed by atoms with Gasteiger partial charge in [0, 0.05) is 26.1 Å². The van der Waals surface area contributed by atoms with Crippen molar-refractivity contribution in [2.75, 3.05) is 19.6 Å². The van der Waals surface area contributed by atoms with E-state index >= 15 is 0 Å². The highest BCUT2D eigenvalue weighted by Gasteiger charge is 2.33. The van der Waals surface area contributed by atoms with E-state index in [9.17, 15) is 14.0 Å². The number of amides is 2. The smallest absolute Gasteiger partial charge is 0.410 e. The molecule has 1 atom stereocenters. The van der Waals surface area contributed by atoms with Crippen LogP contribution in [0.2, 0.25) is 0 Å². The molecule has 4 rings (SSSR count). The van der Waals surface area contributed by atoms with Crippen LogP contribution in [0, 0.1) is 18.7 Å². The van der Waals surface area contributed by atoms with Gasteiger partial charge in [0.15, 0.2) is 0 Å². The molecule has 0 radical (unpaired) electrons. The van der Waals surface area contributed by atoms with Crippen LogP contribution in [-0.2, 0) is 29.0 Å². The third-order valence-electron chi connectivity index (χ3n) is 6.34. The van der Waals surface area contributed by atoms with E-state index in [0.29, 0.717) is 39.1 Å². The lowest BCUT2D eigenvalue weighted by atomic mass is 10.0. The van der Waals surface area contributed by atoms with Crippen molar-refractivity contribution in [2.45, 2.75) is 65.6 Å². The number of rotatable bonds is 4. The maximum Gasteiger partial charge on any atom is 0.410 e. The van der Waals surface area contributed by atoms with Crippen molar-refractivity contribution >= 4 is 12.0 Å². The summed E-state index contributed by atoms with van der Waals surface area (Å²) < 4.78 is 20.7. The van der Waals surface area contributed by atoms with Gasteiger partial charge in [-0.1, -0.05) is 12.1 Å². The van der Waals surface area contributed by atoms with E-state index in [-0.39, 0.29) is 23.7 Å². The van der Waals surface area contributed by atoms with E-state index in [0.717, 1.165) is 29.8 Å². The maximum atomic E-state index is 13.3. The lowest BCUT2D eigenvalue weighted by molar-refractivity contribution is -0.133. The van der Waals surface area contributed by atoms with E-state index in [2.05, 4.69) is 0 Å². The Morgan fingerprint density at radius 1 is 1.15 bits per heavy atom. The van der Waals surface area contributed by atoms with Crippen LogP contribution < -0.4 is 0 Å². The van der Waals surface area contributed by atoms with Gasteiger partial charge in [0.05, 0.1) is 24.5 Å². The minimum absolute atomic E-state index is 0.115. The van der Waals surface area contributed by atoms with Gasteiger partial charge >= 0.3 is 6.09 Å². The Bertz CT molecular complexity index is 1030. The molecule has 2 aliphatic heterocycles. The fourth-order valence-electron chi connectivity index (χ4n) is 4.65. The van der Waals surface area contributed by atoms with Gasteiger partial charge in [-0.05, 0) is 69.7 Å². The first kappa shape index (κ1) is 23.3. The fourth-order valence-corrected chi connectivity index (χ4v) is 4.65. The first-order chi connectivity index (χ1) is 15.6. The second-order valence-corrected chi connectivity index (χ2v) is 10.1. The van der Waals surface area contributed by atoms with Crippen LogP contribution in [0.25, 0.3) is 0 Å². The van der Waals surface area contributed by atoms with Crippen molar-refractivity contribution in [1.29, 1.82) is 0 Å². The molecule has 1 fully saturated rings. The number of hydrogen-bond acceptors (Lipinski definition) is 4. The molecule has 0 saturated carbocycles. The molecule has 2 amide bonds. The maximum absolute atomic E-state index is 13.3. The molecule has 1 saturated heterocycles. The number of benzene rings is 1. The third-order valence-corrected chi connectivity index (χ3v) is 6.34. The zero-order valence-corrected chi connectivity index (χ0v) is 19.9. The van der Waals surface area contributed by atoms with Crippen LogP contribution in [0.3, 0.4) is 0 Å². The summed E-state index contributed by atoms with van der Waals surface area (Å²) >= 11 is 0. The minimum atomic E-state index is -0.522. The quantitative estimate of drug-likeness (QED) is 0.700. The Morgan fingerprint density at radius 2 is 1.88 bits per heavy atom. The van der Waals surface area contributed by atoms with Gasteiger partial charge in [-0.2, -0.15) is 5.10 Å². The SMILES string of the molecule is Cc1nn(Cc2ccc(F)cc2)c2c1CCN(C(=O)CC1CCN(C(=O)OC(C)(C)C)C1)C2. The monoisotopic (exact) mass is 456 g/mol. The van der Waals surface area contributed by atoms with E-state index in [1.54, 1.807) is 17.0 Å². The normalized spacial score (nSPS) is 18.4. The number of aromatic nitrogens is 2. The number of likely N-dealkylation sites (tertiary alicyclic amines) is 1. The Hall–Kier alpha value is -2.90. The topological polar surface area (TPSA) is 67.7 Å². The predicted molar refractivity (Wildman–Crippen MR) is 122 cm³/mol. The average molecular weight is 457 g/mol. The number of carbonyl (C=O) groups is 2. The van der Waals surface area contributed by atoms with Crippen LogP contribution in [0.5, 0.6) is 0 Å². The van der Waals surface area contributed by atoms with Gasteiger partial charge in [0.25, 0.3) is 0 Å². The molecule has 1 unspecified atom stereocenters. The average Bonchev–Trinajstić information content (AvgIpc) is 3.33. The van der Waals surface area contributed by atoms with E-state index in [1.807, 2.05) is 37.3 Å². The summed E-state index contributed by atoms with van der Waals surface area (Å²) in [5, 5.41) is 4.69. The summed E-state index contributed by atoms with van der Waals surface area (Å²) in [6.07, 6.45) is 1.72. The first-order valence-electron chi connectivity index (χ1n) is 11.6. The molecule has 3 heterocycles. The van der Waals surface area contributed by atoms with Crippen LogP contribution in [0.15, 0.2) is 24.3 Å². The van der Waals surface area contributed by atoms with Crippen molar-refractivity contribution in [3.8, 4) is 0 Å². The van der Waals surface area contributed by atoms with Gasteiger partial charge in [0.1, 0.15) is 11.4 Å². The highest BCUT2D eigenvalue weighted by Crippen LogP contribution is 2.27. The summed E-state index contributed by atoms with van der Waals surface area (Å²) in [7, 11) is 0. The lowest BCUT2D eigenvalue weighted by Crippen LogP contribution is -2.38. The van der Waals surface area contributed by atoms with Crippen molar-refractivity contribution < 1.29 is 18.7 Å². The van der Waals surface area contributed by atoms with Gasteiger partial charge < -0.3 is 14.5 Å². The molecule has 7 nitrogen and oxygen atoms in total. The second-order valence-electron chi connectivity index (χ2n) is 10.1. The number of hydrogen-bond donors (Lipinski definition) is 0. The largest absolute Gasteiger partial charge is 0.444 e. The molecule has 2 aromatic rings. The summed E-state index contributed by atoms with van der Waals surface area (Å²) in [4.78, 5) is 29.0. The van der Waals surface area contributed by atoms with Crippen LogP contribution in [0.4, 0.5) is 9.18 Å². The zero-order chi connectivity index (χ0) is 23.8. The molecule has 178 valence electrons. The molecule has 0 N–H and O–H groups in total. The van der Waals surface area contributed by atoms with Gasteiger partial charge in [-0.3, -0.25) is 9.48 Å². The summed E-state index contributed by atoms with van der Waals surface area (Å²) in [5.41, 5.74) is 3.70. The summed E-state index contributed by atoms with van der Waals surface area (Å²) in [6.45, 7) is 10.5. The Kier molecular flexibility index (Phi) is 6.45. The van der Waals surface area contributed by atoms with Crippen LogP contribution in [-0.4, -0.2) is 56.8 Å². The number of nitrogens with zero attached hydrogens (tertiary/aromatic N) is 4. The summed E-state index contributed by atoms with van der Waals surface area (Å²) in [6, 6.07) is 6.44. The second kappa shape index (κ2) is 9.15. The standard InChI is InChI=1S/C25H33FN4O3/c1-17-21-10-12-28(16-22(21)30(27-17)15-18-5-7-20(26)8-6-18)23(31)13-19-9-11-29(14-19)24(32)33-25(2,3)4/h5-8,19H,9-16H2,1-4H3. The summed E-state index contributed by atoms with van der Waals surface area (Å²) in [5.74, 6) is 0.00694. The zero-order valence-electron chi connectivity index (χ0n) is 19.9.